The molecule has 2 rings (SSSR count). The molecule has 1 saturated heterocycles. The van der Waals surface area contributed by atoms with Crippen molar-refractivity contribution in [3.05, 3.63) is 24.3 Å². The zero-order valence-electron chi connectivity index (χ0n) is 10.5. The zero-order chi connectivity index (χ0) is 12.8. The number of hydrogen-bond acceptors (Lipinski definition) is 4. The van der Waals surface area contributed by atoms with Gasteiger partial charge in [-0.3, -0.25) is 9.69 Å². The predicted octanol–water partition coefficient (Wildman–Crippen LogP) is 0.966. The molecule has 0 bridgehead atoms. The lowest BCUT2D eigenvalue weighted by Gasteiger charge is -2.25. The highest BCUT2D eigenvalue weighted by Gasteiger charge is 2.14. The molecular weight excluding hydrogens is 232 g/mol. The van der Waals surface area contributed by atoms with Crippen LogP contribution in [0.4, 0.5) is 5.69 Å². The number of morpholine rings is 1. The average molecular weight is 250 g/mol. The van der Waals surface area contributed by atoms with Crippen molar-refractivity contribution in [2.45, 2.75) is 0 Å². The van der Waals surface area contributed by atoms with Gasteiger partial charge >= 0.3 is 0 Å². The van der Waals surface area contributed by atoms with Gasteiger partial charge in [0.15, 0.2) is 0 Å². The van der Waals surface area contributed by atoms with E-state index in [9.17, 15) is 4.79 Å². The number of nitrogens with one attached hydrogen (secondary N) is 1. The standard InChI is InChI=1S/C13H18N2O3/c1-17-12-4-2-3-11(9-12)14-13(16)10-15-5-7-18-8-6-15/h2-4,9H,5-8,10H2,1H3,(H,14,16). The Labute approximate surface area is 107 Å². The van der Waals surface area contributed by atoms with Gasteiger partial charge in [-0.2, -0.15) is 0 Å². The van der Waals surface area contributed by atoms with Crippen molar-refractivity contribution in [1.82, 2.24) is 4.90 Å². The molecule has 1 N–H and O–H groups in total. The number of ether oxygens (including phenoxy) is 2. The molecule has 0 aromatic heterocycles. The fraction of sp³-hybridized carbons (Fsp3) is 0.462. The summed E-state index contributed by atoms with van der Waals surface area (Å²) in [7, 11) is 1.61. The summed E-state index contributed by atoms with van der Waals surface area (Å²) in [5.41, 5.74) is 0.757. The van der Waals surface area contributed by atoms with Crippen LogP contribution in [0, 0.1) is 0 Å². The van der Waals surface area contributed by atoms with Crippen LogP contribution >= 0.6 is 0 Å². The molecule has 0 atom stereocenters. The largest absolute Gasteiger partial charge is 0.497 e. The van der Waals surface area contributed by atoms with E-state index in [0.717, 1.165) is 24.5 Å². The number of anilines is 1. The van der Waals surface area contributed by atoms with Crippen LogP contribution in [-0.4, -0.2) is 50.8 Å². The highest BCUT2D eigenvalue weighted by atomic mass is 16.5. The van der Waals surface area contributed by atoms with E-state index in [0.29, 0.717) is 19.8 Å². The second-order valence-corrected chi connectivity index (χ2v) is 4.17. The second kappa shape index (κ2) is 6.37. The number of nitrogens with zero attached hydrogens (tertiary/aromatic N) is 1. The molecule has 18 heavy (non-hydrogen) atoms. The Kier molecular flexibility index (Phi) is 4.55. The first-order valence-electron chi connectivity index (χ1n) is 6.02. The van der Waals surface area contributed by atoms with E-state index in [-0.39, 0.29) is 5.91 Å². The van der Waals surface area contributed by atoms with Gasteiger partial charge in [-0.1, -0.05) is 6.07 Å². The summed E-state index contributed by atoms with van der Waals surface area (Å²) < 4.78 is 10.3. The summed E-state index contributed by atoms with van der Waals surface area (Å²) in [6.07, 6.45) is 0. The molecule has 1 aromatic rings. The normalized spacial score (nSPS) is 16.3. The molecule has 5 heteroatoms. The minimum atomic E-state index is -0.00912. The first-order valence-corrected chi connectivity index (χ1v) is 6.02. The predicted molar refractivity (Wildman–Crippen MR) is 68.9 cm³/mol. The Morgan fingerprint density at radius 3 is 2.94 bits per heavy atom. The van der Waals surface area contributed by atoms with Crippen LogP contribution in [-0.2, 0) is 9.53 Å². The van der Waals surface area contributed by atoms with E-state index < -0.39 is 0 Å². The smallest absolute Gasteiger partial charge is 0.238 e. The topological polar surface area (TPSA) is 50.8 Å². The van der Waals surface area contributed by atoms with Gasteiger partial charge in [0, 0.05) is 24.8 Å². The minimum absolute atomic E-state index is 0.00912. The van der Waals surface area contributed by atoms with Gasteiger partial charge < -0.3 is 14.8 Å². The Balaban J connectivity index is 1.85. The first kappa shape index (κ1) is 12.9. The first-order chi connectivity index (χ1) is 8.78. The lowest BCUT2D eigenvalue weighted by atomic mass is 10.3. The number of carbonyl (C=O) groups excluding carboxylic acids is 1. The highest BCUT2D eigenvalue weighted by molar-refractivity contribution is 5.92. The van der Waals surface area contributed by atoms with Crippen molar-refractivity contribution < 1.29 is 14.3 Å². The number of amides is 1. The van der Waals surface area contributed by atoms with Gasteiger partial charge in [-0.25, -0.2) is 0 Å². The SMILES string of the molecule is COc1cccc(NC(=O)CN2CCOCC2)c1. The molecule has 0 aliphatic carbocycles. The maximum Gasteiger partial charge on any atom is 0.238 e. The fourth-order valence-electron chi connectivity index (χ4n) is 1.86. The number of benzene rings is 1. The third kappa shape index (κ3) is 3.72. The van der Waals surface area contributed by atoms with E-state index in [2.05, 4.69) is 10.2 Å². The molecule has 0 saturated carbocycles. The summed E-state index contributed by atoms with van der Waals surface area (Å²) >= 11 is 0. The van der Waals surface area contributed by atoms with Crippen molar-refractivity contribution in [3.8, 4) is 5.75 Å². The van der Waals surface area contributed by atoms with E-state index >= 15 is 0 Å². The number of rotatable bonds is 4. The van der Waals surface area contributed by atoms with E-state index in [1.807, 2.05) is 18.2 Å². The van der Waals surface area contributed by atoms with E-state index in [4.69, 9.17) is 9.47 Å². The lowest BCUT2D eigenvalue weighted by Crippen LogP contribution is -2.41. The summed E-state index contributed by atoms with van der Waals surface area (Å²) in [5, 5.41) is 2.86. The molecule has 5 nitrogen and oxygen atoms in total. The Morgan fingerprint density at radius 1 is 1.44 bits per heavy atom. The number of methoxy groups -OCH3 is 1. The van der Waals surface area contributed by atoms with Gasteiger partial charge in [-0.05, 0) is 12.1 Å². The molecule has 1 aliphatic rings. The third-order valence-corrected chi connectivity index (χ3v) is 2.82. The van der Waals surface area contributed by atoms with Crippen molar-refractivity contribution in [2.75, 3.05) is 45.3 Å². The van der Waals surface area contributed by atoms with Crippen LogP contribution in [0.25, 0.3) is 0 Å². The molecule has 1 fully saturated rings. The average Bonchev–Trinajstić information content (AvgIpc) is 2.40. The van der Waals surface area contributed by atoms with Crippen molar-refractivity contribution in [1.29, 1.82) is 0 Å². The molecule has 1 heterocycles. The molecular formula is C13H18N2O3. The van der Waals surface area contributed by atoms with Gasteiger partial charge in [0.25, 0.3) is 0 Å². The molecule has 0 radical (unpaired) electrons. The Hall–Kier alpha value is -1.59. The van der Waals surface area contributed by atoms with Crippen molar-refractivity contribution in [3.63, 3.8) is 0 Å². The number of carbonyl (C=O) groups is 1. The van der Waals surface area contributed by atoms with Gasteiger partial charge in [0.2, 0.25) is 5.91 Å². The second-order valence-electron chi connectivity index (χ2n) is 4.17. The summed E-state index contributed by atoms with van der Waals surface area (Å²) in [4.78, 5) is 13.9. The molecule has 1 amide bonds. The van der Waals surface area contributed by atoms with Crippen LogP contribution in [0.3, 0.4) is 0 Å². The Morgan fingerprint density at radius 2 is 2.22 bits per heavy atom. The van der Waals surface area contributed by atoms with Crippen molar-refractivity contribution in [2.24, 2.45) is 0 Å². The molecule has 98 valence electrons. The molecule has 0 unspecified atom stereocenters. The Bertz CT molecular complexity index is 403. The van der Waals surface area contributed by atoms with Crippen LogP contribution < -0.4 is 10.1 Å². The third-order valence-electron chi connectivity index (χ3n) is 2.82. The summed E-state index contributed by atoms with van der Waals surface area (Å²) in [6, 6.07) is 7.35. The molecule has 1 aromatic carbocycles. The maximum absolute atomic E-state index is 11.8. The van der Waals surface area contributed by atoms with E-state index in [1.165, 1.54) is 0 Å². The van der Waals surface area contributed by atoms with Crippen molar-refractivity contribution >= 4 is 11.6 Å². The quantitative estimate of drug-likeness (QED) is 0.865. The van der Waals surface area contributed by atoms with Crippen LogP contribution in [0.5, 0.6) is 5.75 Å². The fourth-order valence-corrected chi connectivity index (χ4v) is 1.86. The maximum atomic E-state index is 11.8. The zero-order valence-corrected chi connectivity index (χ0v) is 10.5. The molecule has 1 aliphatic heterocycles. The summed E-state index contributed by atoms with van der Waals surface area (Å²) in [6.45, 7) is 3.43. The van der Waals surface area contributed by atoms with Gasteiger partial charge in [-0.15, -0.1) is 0 Å². The minimum Gasteiger partial charge on any atom is -0.497 e. The lowest BCUT2D eigenvalue weighted by molar-refractivity contribution is -0.118. The van der Waals surface area contributed by atoms with E-state index in [1.54, 1.807) is 13.2 Å². The van der Waals surface area contributed by atoms with Crippen LogP contribution in [0.2, 0.25) is 0 Å². The van der Waals surface area contributed by atoms with Crippen LogP contribution in [0.15, 0.2) is 24.3 Å². The monoisotopic (exact) mass is 250 g/mol. The van der Waals surface area contributed by atoms with Crippen LogP contribution in [0.1, 0.15) is 0 Å². The summed E-state index contributed by atoms with van der Waals surface area (Å²) in [5.74, 6) is 0.726. The highest BCUT2D eigenvalue weighted by Crippen LogP contribution is 2.16. The van der Waals surface area contributed by atoms with Gasteiger partial charge in [0.05, 0.1) is 26.9 Å². The number of hydrogen-bond donors (Lipinski definition) is 1. The van der Waals surface area contributed by atoms with Gasteiger partial charge in [0.1, 0.15) is 5.75 Å². The molecule has 0 spiro atoms.